The van der Waals surface area contributed by atoms with Crippen molar-refractivity contribution in [2.24, 2.45) is 16.2 Å². The fraction of sp³-hybridized carbons (Fsp3) is 0.895. The number of carbonyl (C=O) groups is 2. The summed E-state index contributed by atoms with van der Waals surface area (Å²) in [5, 5.41) is 0. The highest BCUT2D eigenvalue weighted by Gasteiger charge is 2.76. The zero-order valence-corrected chi connectivity index (χ0v) is 16.4. The van der Waals surface area contributed by atoms with E-state index in [0.717, 1.165) is 0 Å². The van der Waals surface area contributed by atoms with Crippen LogP contribution in [0.5, 0.6) is 0 Å². The second kappa shape index (κ2) is 5.19. The minimum Gasteiger partial charge on any atom is -0.460 e. The summed E-state index contributed by atoms with van der Waals surface area (Å²) in [4.78, 5) is 25.2. The van der Waals surface area contributed by atoms with Crippen molar-refractivity contribution < 1.29 is 28.5 Å². The molecule has 3 fully saturated rings. The van der Waals surface area contributed by atoms with Gasteiger partial charge in [-0.2, -0.15) is 0 Å². The van der Waals surface area contributed by atoms with Gasteiger partial charge >= 0.3 is 11.9 Å². The lowest BCUT2D eigenvalue weighted by Crippen LogP contribution is -2.50. The Balaban J connectivity index is 1.69. The van der Waals surface area contributed by atoms with Crippen LogP contribution < -0.4 is 0 Å². The first-order valence-corrected chi connectivity index (χ1v) is 8.98. The highest BCUT2D eigenvalue weighted by Crippen LogP contribution is 2.65. The molecule has 3 aliphatic rings. The predicted molar refractivity (Wildman–Crippen MR) is 89.6 cm³/mol. The molecule has 3 rings (SSSR count). The summed E-state index contributed by atoms with van der Waals surface area (Å²) in [6, 6.07) is 0. The second-order valence-corrected chi connectivity index (χ2v) is 9.83. The summed E-state index contributed by atoms with van der Waals surface area (Å²) in [5.41, 5.74) is -3.29. The molecular weight excluding hydrogens is 324 g/mol. The van der Waals surface area contributed by atoms with Crippen molar-refractivity contribution in [2.75, 3.05) is 13.2 Å². The molecule has 0 aromatic rings. The van der Waals surface area contributed by atoms with E-state index in [1.54, 1.807) is 0 Å². The molecule has 1 aliphatic carbocycles. The van der Waals surface area contributed by atoms with E-state index in [0.29, 0.717) is 19.4 Å². The molecule has 142 valence electrons. The van der Waals surface area contributed by atoms with E-state index in [1.807, 2.05) is 48.5 Å². The molecular formula is C19H30O6. The van der Waals surface area contributed by atoms with Gasteiger partial charge in [-0.3, -0.25) is 4.79 Å². The SMILES string of the molecule is CC(C)(C)[C@@H]1OC[C@@](C)(COC(=O)[C@@]23CC[C@@](C)(C(=O)O2)C3(C)C)O1. The molecule has 0 amide bonds. The van der Waals surface area contributed by atoms with Gasteiger partial charge in [-0.15, -0.1) is 0 Å². The van der Waals surface area contributed by atoms with E-state index in [2.05, 4.69) is 0 Å². The third-order valence-corrected chi connectivity index (χ3v) is 6.56. The van der Waals surface area contributed by atoms with E-state index in [4.69, 9.17) is 18.9 Å². The van der Waals surface area contributed by atoms with E-state index in [9.17, 15) is 9.59 Å². The van der Waals surface area contributed by atoms with Gasteiger partial charge < -0.3 is 18.9 Å². The molecule has 2 heterocycles. The largest absolute Gasteiger partial charge is 0.460 e. The van der Waals surface area contributed by atoms with Crippen LogP contribution in [0.15, 0.2) is 0 Å². The molecule has 1 saturated carbocycles. The molecule has 2 aliphatic heterocycles. The molecule has 2 saturated heterocycles. The molecule has 0 spiro atoms. The lowest BCUT2D eigenvalue weighted by atomic mass is 9.66. The zero-order valence-electron chi connectivity index (χ0n) is 16.4. The number of hydrogen-bond acceptors (Lipinski definition) is 6. The van der Waals surface area contributed by atoms with Crippen LogP contribution in [0.4, 0.5) is 0 Å². The maximum atomic E-state index is 12.9. The number of carbonyl (C=O) groups excluding carboxylic acids is 2. The van der Waals surface area contributed by atoms with Gasteiger partial charge in [0.2, 0.25) is 5.60 Å². The van der Waals surface area contributed by atoms with Gasteiger partial charge in [0.25, 0.3) is 0 Å². The minimum atomic E-state index is -1.20. The first-order valence-electron chi connectivity index (χ1n) is 8.98. The highest BCUT2D eigenvalue weighted by atomic mass is 16.7. The summed E-state index contributed by atoms with van der Waals surface area (Å²) in [5.74, 6) is -0.781. The van der Waals surface area contributed by atoms with E-state index < -0.39 is 28.0 Å². The van der Waals surface area contributed by atoms with Gasteiger partial charge in [0.1, 0.15) is 12.2 Å². The van der Waals surface area contributed by atoms with Crippen molar-refractivity contribution in [1.29, 1.82) is 0 Å². The van der Waals surface area contributed by atoms with E-state index in [1.165, 1.54) is 0 Å². The number of esters is 2. The predicted octanol–water partition coefficient (Wildman–Crippen LogP) is 2.83. The lowest BCUT2D eigenvalue weighted by Gasteiger charge is -2.35. The van der Waals surface area contributed by atoms with Gasteiger partial charge in [-0.1, -0.05) is 34.6 Å². The average molecular weight is 354 g/mol. The van der Waals surface area contributed by atoms with Crippen LogP contribution in [0.3, 0.4) is 0 Å². The Morgan fingerprint density at radius 2 is 1.84 bits per heavy atom. The Kier molecular flexibility index (Phi) is 3.87. The summed E-state index contributed by atoms with van der Waals surface area (Å²) >= 11 is 0. The van der Waals surface area contributed by atoms with Crippen LogP contribution in [0, 0.1) is 16.2 Å². The summed E-state index contributed by atoms with van der Waals surface area (Å²) < 4.78 is 22.9. The maximum absolute atomic E-state index is 12.9. The Labute approximate surface area is 149 Å². The van der Waals surface area contributed by atoms with E-state index >= 15 is 0 Å². The van der Waals surface area contributed by atoms with Gasteiger partial charge in [0.15, 0.2) is 6.29 Å². The Morgan fingerprint density at radius 1 is 1.20 bits per heavy atom. The first kappa shape index (κ1) is 18.6. The van der Waals surface area contributed by atoms with Gasteiger partial charge in [0.05, 0.1) is 12.0 Å². The third kappa shape index (κ3) is 2.44. The van der Waals surface area contributed by atoms with Crippen LogP contribution in [0.25, 0.3) is 0 Å². The maximum Gasteiger partial charge on any atom is 0.351 e. The van der Waals surface area contributed by atoms with Crippen molar-refractivity contribution in [3.8, 4) is 0 Å². The van der Waals surface area contributed by atoms with E-state index in [-0.39, 0.29) is 24.3 Å². The van der Waals surface area contributed by atoms with Gasteiger partial charge in [0, 0.05) is 10.8 Å². The fourth-order valence-corrected chi connectivity index (χ4v) is 4.12. The Hall–Kier alpha value is -1.14. The van der Waals surface area contributed by atoms with Crippen molar-refractivity contribution in [2.45, 2.75) is 78.8 Å². The van der Waals surface area contributed by atoms with Crippen molar-refractivity contribution in [1.82, 2.24) is 0 Å². The second-order valence-electron chi connectivity index (χ2n) is 9.83. The number of fused-ring (bicyclic) bond motifs is 2. The monoisotopic (exact) mass is 354 g/mol. The number of hydrogen-bond donors (Lipinski definition) is 0. The molecule has 0 unspecified atom stereocenters. The molecule has 2 bridgehead atoms. The summed E-state index contributed by atoms with van der Waals surface area (Å²) in [6.45, 7) is 14.1. The Morgan fingerprint density at radius 3 is 2.28 bits per heavy atom. The molecule has 0 aromatic heterocycles. The van der Waals surface area contributed by atoms with Crippen LogP contribution in [0.1, 0.15) is 61.3 Å². The average Bonchev–Trinajstić information content (AvgIpc) is 3.03. The molecule has 6 heteroatoms. The first-order chi connectivity index (χ1) is 11.3. The third-order valence-electron chi connectivity index (χ3n) is 6.56. The minimum absolute atomic E-state index is 0.0739. The van der Waals surface area contributed by atoms with Crippen LogP contribution in [-0.4, -0.2) is 42.6 Å². The van der Waals surface area contributed by atoms with Crippen molar-refractivity contribution in [3.05, 3.63) is 0 Å². The quantitative estimate of drug-likeness (QED) is 0.726. The molecule has 0 N–H and O–H groups in total. The number of rotatable bonds is 3. The van der Waals surface area contributed by atoms with Crippen LogP contribution in [-0.2, 0) is 28.5 Å². The standard InChI is InChI=1S/C19H30O6/c1-15(2,3)14-23-11-17(6,25-14)10-22-13(21)19-9-8-18(7,12(20)24-19)16(19,4)5/h14H,8-11H2,1-7H3/t14-,17-,18+,19-/m1/s1. The molecule has 25 heavy (non-hydrogen) atoms. The van der Waals surface area contributed by atoms with Crippen molar-refractivity contribution in [3.63, 3.8) is 0 Å². The zero-order chi connectivity index (χ0) is 18.9. The molecule has 0 aromatic carbocycles. The summed E-state index contributed by atoms with van der Waals surface area (Å²) in [6.07, 6.45) is 0.793. The fourth-order valence-electron chi connectivity index (χ4n) is 4.12. The summed E-state index contributed by atoms with van der Waals surface area (Å²) in [7, 11) is 0. The topological polar surface area (TPSA) is 71.1 Å². The molecule has 4 atom stereocenters. The van der Waals surface area contributed by atoms with Crippen LogP contribution >= 0.6 is 0 Å². The number of ether oxygens (including phenoxy) is 4. The van der Waals surface area contributed by atoms with Gasteiger partial charge in [-0.25, -0.2) is 4.79 Å². The smallest absolute Gasteiger partial charge is 0.351 e. The highest BCUT2D eigenvalue weighted by molar-refractivity contribution is 5.93. The molecule has 0 radical (unpaired) electrons. The van der Waals surface area contributed by atoms with Crippen LogP contribution in [0.2, 0.25) is 0 Å². The normalized spacial score (nSPS) is 42.5. The van der Waals surface area contributed by atoms with Crippen molar-refractivity contribution >= 4 is 11.9 Å². The van der Waals surface area contributed by atoms with Gasteiger partial charge in [-0.05, 0) is 26.7 Å². The lowest BCUT2D eigenvalue weighted by molar-refractivity contribution is -0.191. The molecule has 6 nitrogen and oxygen atoms in total. The Bertz CT molecular complexity index is 606.